The lowest BCUT2D eigenvalue weighted by molar-refractivity contribution is 0.0864. The van der Waals surface area contributed by atoms with Crippen LogP contribution in [-0.2, 0) is 4.84 Å². The van der Waals surface area contributed by atoms with Gasteiger partial charge in [-0.2, -0.15) is 0 Å². The Kier molecular flexibility index (Phi) is 3.89. The predicted molar refractivity (Wildman–Crippen MR) is 64.9 cm³/mol. The van der Waals surface area contributed by atoms with Crippen molar-refractivity contribution in [1.82, 2.24) is 0 Å². The van der Waals surface area contributed by atoms with Crippen LogP contribution in [0.1, 0.15) is 27.7 Å². The zero-order valence-electron chi connectivity index (χ0n) is 9.95. The molecule has 0 aromatic heterocycles. The largest absolute Gasteiger partial charge is 0.393 e. The maximum absolute atomic E-state index is 5.19. The molecule has 0 bridgehead atoms. The molecule has 2 heteroatoms. The lowest BCUT2D eigenvalue weighted by Crippen LogP contribution is -2.07. The molecule has 0 N–H and O–H groups in total. The maximum atomic E-state index is 5.19. The highest BCUT2D eigenvalue weighted by molar-refractivity contribution is 6.11. The molecule has 0 spiro atoms. The lowest BCUT2D eigenvalue weighted by Gasteiger charge is -2.13. The summed E-state index contributed by atoms with van der Waals surface area (Å²) in [7, 11) is 0. The van der Waals surface area contributed by atoms with Crippen LogP contribution in [0.5, 0.6) is 0 Å². The van der Waals surface area contributed by atoms with Crippen LogP contribution in [-0.4, -0.2) is 11.8 Å². The van der Waals surface area contributed by atoms with Gasteiger partial charge < -0.3 is 4.84 Å². The van der Waals surface area contributed by atoms with Gasteiger partial charge >= 0.3 is 0 Å². The van der Waals surface area contributed by atoms with Gasteiger partial charge in [-0.1, -0.05) is 31.7 Å². The van der Waals surface area contributed by atoms with E-state index in [0.29, 0.717) is 5.92 Å². The topological polar surface area (TPSA) is 21.6 Å². The molecule has 2 nitrogen and oxygen atoms in total. The smallest absolute Gasteiger partial charge is 0.122 e. The van der Waals surface area contributed by atoms with E-state index in [9.17, 15) is 0 Å². The van der Waals surface area contributed by atoms with Gasteiger partial charge in [0.1, 0.15) is 11.8 Å². The van der Waals surface area contributed by atoms with Crippen molar-refractivity contribution in [2.75, 3.05) is 0 Å². The fraction of sp³-hybridized carbons (Fsp3) is 0.462. The van der Waals surface area contributed by atoms with Crippen molar-refractivity contribution in [3.63, 3.8) is 0 Å². The molecule has 0 saturated carbocycles. The van der Waals surface area contributed by atoms with E-state index in [4.69, 9.17) is 4.84 Å². The average Bonchev–Trinajstić information content (AvgIpc) is 2.15. The summed E-state index contributed by atoms with van der Waals surface area (Å²) in [5, 5.41) is 4.04. The van der Waals surface area contributed by atoms with Crippen molar-refractivity contribution in [1.29, 1.82) is 0 Å². The summed E-state index contributed by atoms with van der Waals surface area (Å²) in [6.45, 7) is 12.2. The second-order valence-electron chi connectivity index (χ2n) is 4.29. The summed E-state index contributed by atoms with van der Waals surface area (Å²) in [4.78, 5) is 5.19. The molecule has 1 aliphatic carbocycles. The van der Waals surface area contributed by atoms with Gasteiger partial charge in [-0.15, -0.1) is 0 Å². The molecule has 1 rings (SSSR count). The number of hydrogen-bond acceptors (Lipinski definition) is 2. The zero-order valence-corrected chi connectivity index (χ0v) is 9.95. The average molecular weight is 205 g/mol. The number of rotatable bonds is 3. The molecular formula is C13H19NO. The molecule has 0 aromatic rings. The first-order valence-electron chi connectivity index (χ1n) is 5.33. The predicted octanol–water partition coefficient (Wildman–Crippen LogP) is 3.48. The highest BCUT2D eigenvalue weighted by atomic mass is 16.6. The van der Waals surface area contributed by atoms with Gasteiger partial charge in [0.15, 0.2) is 0 Å². The SMILES string of the molecule is C=C1C=C(C(C)C)C=C/C1=N/OC(C)C. The monoisotopic (exact) mass is 205 g/mol. The quantitative estimate of drug-likeness (QED) is 0.646. The van der Waals surface area contributed by atoms with Gasteiger partial charge in [0.25, 0.3) is 0 Å². The minimum absolute atomic E-state index is 0.106. The minimum atomic E-state index is 0.106. The highest BCUT2D eigenvalue weighted by Crippen LogP contribution is 2.19. The van der Waals surface area contributed by atoms with E-state index in [-0.39, 0.29) is 6.10 Å². The molecule has 0 unspecified atom stereocenters. The highest BCUT2D eigenvalue weighted by Gasteiger charge is 2.09. The third-order valence-corrected chi connectivity index (χ3v) is 2.13. The molecule has 1 aliphatic rings. The van der Waals surface area contributed by atoms with Crippen molar-refractivity contribution in [3.8, 4) is 0 Å². The number of hydrogen-bond donors (Lipinski definition) is 0. The van der Waals surface area contributed by atoms with Crippen LogP contribution in [0.25, 0.3) is 0 Å². The Labute approximate surface area is 92.0 Å². The number of allylic oxidation sites excluding steroid dienone is 5. The van der Waals surface area contributed by atoms with Crippen LogP contribution in [0, 0.1) is 5.92 Å². The Morgan fingerprint density at radius 2 is 1.87 bits per heavy atom. The van der Waals surface area contributed by atoms with E-state index in [0.717, 1.165) is 11.3 Å². The number of oxime groups is 1. The Morgan fingerprint density at radius 3 is 2.33 bits per heavy atom. The summed E-state index contributed by atoms with van der Waals surface area (Å²) in [5.41, 5.74) is 3.01. The molecule has 0 amide bonds. The maximum Gasteiger partial charge on any atom is 0.122 e. The first-order valence-corrected chi connectivity index (χ1v) is 5.33. The van der Waals surface area contributed by atoms with Gasteiger partial charge in [-0.3, -0.25) is 0 Å². The third-order valence-electron chi connectivity index (χ3n) is 2.13. The molecule has 82 valence electrons. The summed E-state index contributed by atoms with van der Waals surface area (Å²) in [6, 6.07) is 0. The molecule has 0 fully saturated rings. The van der Waals surface area contributed by atoms with E-state index in [1.54, 1.807) is 0 Å². The fourth-order valence-electron chi connectivity index (χ4n) is 1.22. The van der Waals surface area contributed by atoms with Crippen LogP contribution >= 0.6 is 0 Å². The van der Waals surface area contributed by atoms with Gasteiger partial charge in [0, 0.05) is 0 Å². The first kappa shape index (κ1) is 11.8. The molecule has 0 aliphatic heterocycles. The van der Waals surface area contributed by atoms with Crippen LogP contribution in [0.15, 0.2) is 41.1 Å². The van der Waals surface area contributed by atoms with E-state index in [1.807, 2.05) is 19.9 Å². The first-order chi connectivity index (χ1) is 7.00. The summed E-state index contributed by atoms with van der Waals surface area (Å²) in [5.74, 6) is 0.519. The standard InChI is InChI=1S/C13H19NO/c1-9(2)12-6-7-13(11(5)8-12)14-15-10(3)4/h6-10H,5H2,1-4H3/b14-13-. The molecule has 0 aromatic carbocycles. The summed E-state index contributed by atoms with van der Waals surface area (Å²) >= 11 is 0. The normalized spacial score (nSPS) is 18.9. The summed E-state index contributed by atoms with van der Waals surface area (Å²) < 4.78 is 0. The molecule has 15 heavy (non-hydrogen) atoms. The molecule has 0 atom stereocenters. The van der Waals surface area contributed by atoms with Crippen molar-refractivity contribution < 1.29 is 4.84 Å². The minimum Gasteiger partial charge on any atom is -0.393 e. The zero-order chi connectivity index (χ0) is 11.4. The lowest BCUT2D eigenvalue weighted by atomic mass is 9.94. The van der Waals surface area contributed by atoms with Crippen molar-refractivity contribution in [2.45, 2.75) is 33.8 Å². The Bertz CT molecular complexity index is 332. The van der Waals surface area contributed by atoms with E-state index in [1.165, 1.54) is 5.57 Å². The Hall–Kier alpha value is -1.31. The third kappa shape index (κ3) is 3.39. The van der Waals surface area contributed by atoms with Crippen molar-refractivity contribution >= 4 is 5.71 Å². The van der Waals surface area contributed by atoms with E-state index in [2.05, 4.69) is 37.7 Å². The van der Waals surface area contributed by atoms with Crippen molar-refractivity contribution in [2.24, 2.45) is 11.1 Å². The molecular weight excluding hydrogens is 186 g/mol. The number of nitrogens with zero attached hydrogens (tertiary/aromatic N) is 1. The van der Waals surface area contributed by atoms with Gasteiger partial charge in [0.2, 0.25) is 0 Å². The molecule has 0 radical (unpaired) electrons. The van der Waals surface area contributed by atoms with Crippen LogP contribution < -0.4 is 0 Å². The second kappa shape index (κ2) is 4.96. The molecule has 0 saturated heterocycles. The fourth-order valence-corrected chi connectivity index (χ4v) is 1.22. The molecule has 0 heterocycles. The van der Waals surface area contributed by atoms with Crippen LogP contribution in [0.4, 0.5) is 0 Å². The Balaban J connectivity index is 2.74. The second-order valence-corrected chi connectivity index (χ2v) is 4.29. The van der Waals surface area contributed by atoms with Crippen LogP contribution in [0.2, 0.25) is 0 Å². The summed E-state index contributed by atoms with van der Waals surface area (Å²) in [6.07, 6.45) is 6.20. The van der Waals surface area contributed by atoms with Gasteiger partial charge in [-0.25, -0.2) is 0 Å². The van der Waals surface area contributed by atoms with Gasteiger partial charge in [0.05, 0.1) is 0 Å². The van der Waals surface area contributed by atoms with E-state index >= 15 is 0 Å². The van der Waals surface area contributed by atoms with Crippen LogP contribution in [0.3, 0.4) is 0 Å². The van der Waals surface area contributed by atoms with Crippen molar-refractivity contribution in [3.05, 3.63) is 36.0 Å². The van der Waals surface area contributed by atoms with Gasteiger partial charge in [-0.05, 0) is 43.1 Å². The van der Waals surface area contributed by atoms with E-state index < -0.39 is 0 Å². The Morgan fingerprint density at radius 1 is 1.20 bits per heavy atom.